The number of rotatable bonds is 0. The molecule has 0 saturated carbocycles. The summed E-state index contributed by atoms with van der Waals surface area (Å²) in [6.07, 6.45) is 0. The van der Waals surface area contributed by atoms with Gasteiger partial charge < -0.3 is 11.5 Å². The first-order chi connectivity index (χ1) is 2.83. The highest BCUT2D eigenvalue weighted by Crippen LogP contribution is 1.20. The molecule has 0 spiro atoms. The molecular formula is C7H26N2. The summed E-state index contributed by atoms with van der Waals surface area (Å²) in [5.74, 6) is 0. The van der Waals surface area contributed by atoms with E-state index in [0.29, 0.717) is 0 Å². The molecule has 9 heavy (non-hydrogen) atoms. The smallest absolute Gasteiger partial charge is 0.0106 e. The Morgan fingerprint density at radius 1 is 0.778 bits per heavy atom. The maximum absolute atomic E-state index is 4.85. The van der Waals surface area contributed by atoms with Gasteiger partial charge in [0.25, 0.3) is 0 Å². The van der Waals surface area contributed by atoms with Crippen LogP contribution in [0.15, 0.2) is 0 Å². The fraction of sp³-hybridized carbons (Fsp3) is 1.00. The minimum Gasteiger partial charge on any atom is -0.331 e. The summed E-state index contributed by atoms with van der Waals surface area (Å²) in [6.45, 7) is 5.31. The van der Waals surface area contributed by atoms with E-state index in [1.54, 1.807) is 0 Å². The van der Waals surface area contributed by atoms with Gasteiger partial charge in [0.1, 0.15) is 0 Å². The Morgan fingerprint density at radius 3 is 0.778 bits per heavy atom. The molecule has 0 aromatic rings. The van der Waals surface area contributed by atoms with Crippen molar-refractivity contribution in [3.8, 4) is 0 Å². The molecule has 0 aliphatic rings. The van der Waals surface area contributed by atoms with Crippen LogP contribution in [0.5, 0.6) is 0 Å². The average Bonchev–Trinajstić information content (AvgIpc) is 1.39. The van der Waals surface area contributed by atoms with Crippen LogP contribution < -0.4 is 11.5 Å². The van der Waals surface area contributed by atoms with Crippen molar-refractivity contribution < 1.29 is 0 Å². The molecule has 64 valence electrons. The molecule has 0 radical (unpaired) electrons. The molecule has 2 heteroatoms. The molecule has 0 aromatic carbocycles. The van der Waals surface area contributed by atoms with Crippen molar-refractivity contribution in [2.24, 2.45) is 11.5 Å². The maximum atomic E-state index is 4.85. The van der Waals surface area contributed by atoms with Crippen LogP contribution in [0.3, 0.4) is 0 Å². The van der Waals surface area contributed by atoms with Crippen molar-refractivity contribution in [2.75, 3.05) is 13.1 Å². The molecule has 0 fully saturated rings. The van der Waals surface area contributed by atoms with E-state index in [4.69, 9.17) is 11.5 Å². The van der Waals surface area contributed by atoms with Gasteiger partial charge in [-0.2, -0.15) is 0 Å². The molecular weight excluding hydrogens is 112 g/mol. The van der Waals surface area contributed by atoms with Gasteiger partial charge >= 0.3 is 0 Å². The first kappa shape index (κ1) is 36.4. The Bertz CT molecular complexity index is 8.88. The van der Waals surface area contributed by atoms with E-state index in [1.165, 1.54) is 0 Å². The SMILES string of the molecule is C.C.C.CCN.CCN. The summed E-state index contributed by atoms with van der Waals surface area (Å²) >= 11 is 0. The summed E-state index contributed by atoms with van der Waals surface area (Å²) < 4.78 is 0. The molecule has 0 atom stereocenters. The molecule has 0 heterocycles. The molecule has 0 amide bonds. The molecule has 0 unspecified atom stereocenters. The van der Waals surface area contributed by atoms with Crippen molar-refractivity contribution in [3.63, 3.8) is 0 Å². The zero-order valence-corrected chi connectivity index (χ0v) is 4.57. The van der Waals surface area contributed by atoms with Crippen LogP contribution in [0.2, 0.25) is 0 Å². The van der Waals surface area contributed by atoms with Crippen molar-refractivity contribution in [1.29, 1.82) is 0 Å². The van der Waals surface area contributed by atoms with Crippen LogP contribution in [0.1, 0.15) is 36.1 Å². The fourth-order valence-electron chi connectivity index (χ4n) is 0. The lowest BCUT2D eigenvalue weighted by molar-refractivity contribution is 1.14. The second-order valence-electron chi connectivity index (χ2n) is 0.816. The van der Waals surface area contributed by atoms with Gasteiger partial charge in [-0.1, -0.05) is 36.1 Å². The maximum Gasteiger partial charge on any atom is -0.0106 e. The largest absolute Gasteiger partial charge is 0.331 e. The third-order valence-corrected chi connectivity index (χ3v) is 0. The van der Waals surface area contributed by atoms with Crippen molar-refractivity contribution in [2.45, 2.75) is 36.1 Å². The van der Waals surface area contributed by atoms with Crippen molar-refractivity contribution in [3.05, 3.63) is 0 Å². The normalized spacial score (nSPS) is 4.00. The van der Waals surface area contributed by atoms with Gasteiger partial charge in [0, 0.05) is 0 Å². The summed E-state index contributed by atoms with van der Waals surface area (Å²) in [4.78, 5) is 0. The van der Waals surface area contributed by atoms with Crippen LogP contribution in [-0.4, -0.2) is 13.1 Å². The summed E-state index contributed by atoms with van der Waals surface area (Å²) in [6, 6.07) is 0. The van der Waals surface area contributed by atoms with Crippen LogP contribution in [0.4, 0.5) is 0 Å². The Hall–Kier alpha value is -0.0800. The summed E-state index contributed by atoms with van der Waals surface area (Å²) in [5.41, 5.74) is 9.69. The Morgan fingerprint density at radius 2 is 0.778 bits per heavy atom. The second kappa shape index (κ2) is 103. The fourth-order valence-corrected chi connectivity index (χ4v) is 0. The van der Waals surface area contributed by atoms with Gasteiger partial charge in [-0.3, -0.25) is 0 Å². The average molecular weight is 138 g/mol. The zero-order chi connectivity index (χ0) is 5.41. The lowest BCUT2D eigenvalue weighted by Gasteiger charge is -1.53. The molecule has 0 bridgehead atoms. The van der Waals surface area contributed by atoms with E-state index in [0.717, 1.165) is 13.1 Å². The molecule has 0 saturated heterocycles. The van der Waals surface area contributed by atoms with Crippen LogP contribution in [0.25, 0.3) is 0 Å². The van der Waals surface area contributed by atoms with Crippen LogP contribution >= 0.6 is 0 Å². The van der Waals surface area contributed by atoms with Crippen LogP contribution in [0, 0.1) is 0 Å². The molecule has 0 rings (SSSR count). The van der Waals surface area contributed by atoms with E-state index < -0.39 is 0 Å². The minimum atomic E-state index is 0. The molecule has 0 aliphatic carbocycles. The predicted molar refractivity (Wildman–Crippen MR) is 49.6 cm³/mol. The molecule has 4 N–H and O–H groups in total. The lowest BCUT2D eigenvalue weighted by atomic mass is 10.8. The van der Waals surface area contributed by atoms with Gasteiger partial charge in [-0.25, -0.2) is 0 Å². The highest BCUT2D eigenvalue weighted by molar-refractivity contribution is 4.00. The molecule has 2 nitrogen and oxygen atoms in total. The van der Waals surface area contributed by atoms with Crippen molar-refractivity contribution >= 4 is 0 Å². The Kier molecular flexibility index (Phi) is 416. The highest BCUT2D eigenvalue weighted by Gasteiger charge is 1.33. The minimum absolute atomic E-state index is 0. The predicted octanol–water partition coefficient (Wildman–Crippen LogP) is 1.84. The lowest BCUT2D eigenvalue weighted by Crippen LogP contribution is -1.87. The quantitative estimate of drug-likeness (QED) is 0.536. The third-order valence-electron chi connectivity index (χ3n) is 0. The van der Waals surface area contributed by atoms with E-state index in [2.05, 4.69) is 0 Å². The van der Waals surface area contributed by atoms with E-state index in [-0.39, 0.29) is 22.3 Å². The summed E-state index contributed by atoms with van der Waals surface area (Å²) in [7, 11) is 0. The Balaban J connectivity index is -0.00000000889. The third kappa shape index (κ3) is 43400. The van der Waals surface area contributed by atoms with Gasteiger partial charge in [0.15, 0.2) is 0 Å². The molecule has 0 aromatic heterocycles. The number of hydrogen-bond donors (Lipinski definition) is 2. The summed E-state index contributed by atoms with van der Waals surface area (Å²) in [5, 5.41) is 0. The van der Waals surface area contributed by atoms with Gasteiger partial charge in [-0.05, 0) is 13.1 Å². The van der Waals surface area contributed by atoms with E-state index in [9.17, 15) is 0 Å². The first-order valence-corrected chi connectivity index (χ1v) is 2.23. The number of hydrogen-bond acceptors (Lipinski definition) is 2. The standard InChI is InChI=1S/2C2H7N.3CH4/c2*1-2-3;;;/h2*2-3H2,1H3;3*1H4. The second-order valence-corrected chi connectivity index (χ2v) is 0.816. The van der Waals surface area contributed by atoms with E-state index in [1.807, 2.05) is 13.8 Å². The van der Waals surface area contributed by atoms with Crippen LogP contribution in [-0.2, 0) is 0 Å². The highest BCUT2D eigenvalue weighted by atomic mass is 14.5. The first-order valence-electron chi connectivity index (χ1n) is 2.23. The van der Waals surface area contributed by atoms with Gasteiger partial charge in [0.05, 0.1) is 0 Å². The number of nitrogens with two attached hydrogens (primary N) is 2. The van der Waals surface area contributed by atoms with Gasteiger partial charge in [-0.15, -0.1) is 0 Å². The molecule has 0 aliphatic heterocycles. The van der Waals surface area contributed by atoms with Gasteiger partial charge in [0.2, 0.25) is 0 Å². The topological polar surface area (TPSA) is 52.0 Å². The zero-order valence-electron chi connectivity index (χ0n) is 4.57. The Labute approximate surface area is 61.6 Å². The van der Waals surface area contributed by atoms with E-state index >= 15 is 0 Å². The van der Waals surface area contributed by atoms with Crippen molar-refractivity contribution in [1.82, 2.24) is 0 Å². The monoisotopic (exact) mass is 138 g/mol.